The molecule has 0 N–H and O–H groups in total. The number of ether oxygens (including phenoxy) is 2. The van der Waals surface area contributed by atoms with Crippen molar-refractivity contribution in [2.24, 2.45) is 0 Å². The molecule has 0 amide bonds. The van der Waals surface area contributed by atoms with Crippen LogP contribution in [0.25, 0.3) is 11.1 Å². The average molecular weight is 324 g/mol. The van der Waals surface area contributed by atoms with Gasteiger partial charge in [0.1, 0.15) is 19.0 Å². The van der Waals surface area contributed by atoms with Crippen LogP contribution in [0.5, 0.6) is 5.75 Å². The molecule has 2 aromatic carbocycles. The van der Waals surface area contributed by atoms with Crippen molar-refractivity contribution in [1.29, 1.82) is 0 Å². The largest absolute Gasteiger partial charge is 0.490 e. The van der Waals surface area contributed by atoms with E-state index in [1.165, 1.54) is 16.7 Å². The first kappa shape index (κ1) is 17.8. The lowest BCUT2D eigenvalue weighted by molar-refractivity contribution is -0.139. The molecule has 0 aliphatic rings. The van der Waals surface area contributed by atoms with E-state index in [2.05, 4.69) is 56.8 Å². The van der Waals surface area contributed by atoms with Gasteiger partial charge in [-0.15, -0.1) is 0 Å². The maximum atomic E-state index is 11.3. The third-order valence-electron chi connectivity index (χ3n) is 3.68. The topological polar surface area (TPSA) is 35.5 Å². The van der Waals surface area contributed by atoms with Gasteiger partial charge in [-0.25, -0.2) is 4.79 Å². The fraction of sp³-hybridized carbons (Fsp3) is 0.286. The Labute approximate surface area is 143 Å². The average Bonchev–Trinajstić information content (AvgIpc) is 2.59. The molecule has 3 heteroatoms. The number of carbonyl (C=O) groups is 1. The van der Waals surface area contributed by atoms with Crippen LogP contribution >= 0.6 is 0 Å². The molecule has 0 radical (unpaired) electrons. The Kier molecular flexibility index (Phi) is 6.19. The Morgan fingerprint density at radius 3 is 2.33 bits per heavy atom. The lowest BCUT2D eigenvalue weighted by Gasteiger charge is -2.13. The molecular weight excluding hydrogens is 300 g/mol. The van der Waals surface area contributed by atoms with E-state index in [1.807, 2.05) is 12.1 Å². The van der Waals surface area contributed by atoms with Crippen molar-refractivity contribution >= 4 is 5.97 Å². The summed E-state index contributed by atoms with van der Waals surface area (Å²) in [5.41, 5.74) is 4.14. The molecule has 0 aliphatic heterocycles. The highest BCUT2D eigenvalue weighted by atomic mass is 16.6. The van der Waals surface area contributed by atoms with E-state index in [1.54, 1.807) is 6.92 Å². The summed E-state index contributed by atoms with van der Waals surface area (Å²) in [5.74, 6) is 0.839. The minimum Gasteiger partial charge on any atom is -0.490 e. The molecule has 0 spiro atoms. The van der Waals surface area contributed by atoms with Crippen molar-refractivity contribution < 1.29 is 14.3 Å². The Hall–Kier alpha value is -2.55. The lowest BCUT2D eigenvalue weighted by atomic mass is 9.93. The van der Waals surface area contributed by atoms with Crippen LogP contribution in [0.1, 0.15) is 32.3 Å². The second kappa shape index (κ2) is 8.34. The molecule has 2 rings (SSSR count). The zero-order chi connectivity index (χ0) is 17.5. The predicted molar refractivity (Wildman–Crippen MR) is 97.2 cm³/mol. The Balaban J connectivity index is 1.96. The quantitative estimate of drug-likeness (QED) is 0.409. The van der Waals surface area contributed by atoms with E-state index in [4.69, 9.17) is 9.47 Å². The summed E-state index contributed by atoms with van der Waals surface area (Å²) in [6, 6.07) is 16.4. The minimum atomic E-state index is -0.390. The summed E-state index contributed by atoms with van der Waals surface area (Å²) >= 11 is 0. The molecule has 0 aliphatic carbocycles. The zero-order valence-corrected chi connectivity index (χ0v) is 14.5. The summed E-state index contributed by atoms with van der Waals surface area (Å²) in [6.07, 6.45) is 0. The van der Waals surface area contributed by atoms with E-state index in [0.29, 0.717) is 18.1 Å². The standard InChI is InChI=1S/C21H24O3/c1-15(2)19-7-5-6-8-20(19)17-9-11-18(12-10-17)23-13-14-24-21(22)16(3)4/h5-12,15H,3,13-14H2,1-2,4H3. The van der Waals surface area contributed by atoms with Gasteiger partial charge >= 0.3 is 5.97 Å². The van der Waals surface area contributed by atoms with Crippen molar-refractivity contribution in [3.63, 3.8) is 0 Å². The molecule has 24 heavy (non-hydrogen) atoms. The van der Waals surface area contributed by atoms with Gasteiger partial charge in [0.2, 0.25) is 0 Å². The molecule has 126 valence electrons. The molecule has 0 fully saturated rings. The first-order chi connectivity index (χ1) is 11.5. The molecule has 0 heterocycles. The van der Waals surface area contributed by atoms with Gasteiger partial charge in [-0.1, -0.05) is 56.8 Å². The summed E-state index contributed by atoms with van der Waals surface area (Å²) in [6.45, 7) is 10.1. The summed E-state index contributed by atoms with van der Waals surface area (Å²) in [5, 5.41) is 0. The third kappa shape index (κ3) is 4.72. The molecule has 0 aromatic heterocycles. The smallest absolute Gasteiger partial charge is 0.333 e. The first-order valence-electron chi connectivity index (χ1n) is 8.14. The maximum absolute atomic E-state index is 11.3. The van der Waals surface area contributed by atoms with Crippen LogP contribution in [0.3, 0.4) is 0 Å². The van der Waals surface area contributed by atoms with Gasteiger partial charge in [0, 0.05) is 5.57 Å². The maximum Gasteiger partial charge on any atom is 0.333 e. The van der Waals surface area contributed by atoms with E-state index >= 15 is 0 Å². The van der Waals surface area contributed by atoms with Crippen LogP contribution < -0.4 is 4.74 Å². The molecule has 0 bridgehead atoms. The van der Waals surface area contributed by atoms with E-state index < -0.39 is 0 Å². The van der Waals surface area contributed by atoms with Crippen molar-refractivity contribution in [2.75, 3.05) is 13.2 Å². The highest BCUT2D eigenvalue weighted by Gasteiger charge is 2.08. The van der Waals surface area contributed by atoms with Gasteiger partial charge in [0.05, 0.1) is 0 Å². The number of carbonyl (C=O) groups excluding carboxylic acids is 1. The second-order valence-corrected chi connectivity index (χ2v) is 6.03. The molecule has 3 nitrogen and oxygen atoms in total. The zero-order valence-electron chi connectivity index (χ0n) is 14.5. The molecule has 2 aromatic rings. The molecule has 0 atom stereocenters. The summed E-state index contributed by atoms with van der Waals surface area (Å²) in [4.78, 5) is 11.3. The fourth-order valence-corrected chi connectivity index (χ4v) is 2.41. The van der Waals surface area contributed by atoms with Crippen molar-refractivity contribution in [3.8, 4) is 16.9 Å². The minimum absolute atomic E-state index is 0.212. The van der Waals surface area contributed by atoms with Gasteiger partial charge in [-0.2, -0.15) is 0 Å². The van der Waals surface area contributed by atoms with Crippen LogP contribution in [-0.2, 0) is 9.53 Å². The van der Waals surface area contributed by atoms with Gasteiger partial charge in [0.25, 0.3) is 0 Å². The van der Waals surface area contributed by atoms with Crippen LogP contribution in [0.4, 0.5) is 0 Å². The molecule has 0 unspecified atom stereocenters. The predicted octanol–water partition coefficient (Wildman–Crippen LogP) is 4.98. The Bertz CT molecular complexity index is 699. The van der Waals surface area contributed by atoms with Gasteiger partial charge in [-0.3, -0.25) is 0 Å². The van der Waals surface area contributed by atoms with Crippen molar-refractivity contribution in [1.82, 2.24) is 0 Å². The van der Waals surface area contributed by atoms with Gasteiger partial charge in [0.15, 0.2) is 0 Å². The first-order valence-corrected chi connectivity index (χ1v) is 8.14. The van der Waals surface area contributed by atoms with E-state index in [0.717, 1.165) is 5.75 Å². The van der Waals surface area contributed by atoms with Gasteiger partial charge < -0.3 is 9.47 Å². The molecular formula is C21H24O3. The van der Waals surface area contributed by atoms with Crippen LogP contribution in [0, 0.1) is 0 Å². The molecule has 0 saturated carbocycles. The monoisotopic (exact) mass is 324 g/mol. The fourth-order valence-electron chi connectivity index (χ4n) is 2.41. The highest BCUT2D eigenvalue weighted by molar-refractivity contribution is 5.86. The highest BCUT2D eigenvalue weighted by Crippen LogP contribution is 2.30. The van der Waals surface area contributed by atoms with Crippen LogP contribution in [0.2, 0.25) is 0 Å². The van der Waals surface area contributed by atoms with Crippen molar-refractivity contribution in [3.05, 3.63) is 66.2 Å². The number of esters is 1. The summed E-state index contributed by atoms with van der Waals surface area (Å²) < 4.78 is 10.6. The Morgan fingerprint density at radius 2 is 1.71 bits per heavy atom. The van der Waals surface area contributed by atoms with Crippen molar-refractivity contribution in [2.45, 2.75) is 26.7 Å². The molecule has 0 saturated heterocycles. The lowest BCUT2D eigenvalue weighted by Crippen LogP contribution is -2.12. The van der Waals surface area contributed by atoms with E-state index in [-0.39, 0.29) is 12.6 Å². The SMILES string of the molecule is C=C(C)C(=O)OCCOc1ccc(-c2ccccc2C(C)C)cc1. The van der Waals surface area contributed by atoms with Crippen LogP contribution in [-0.4, -0.2) is 19.2 Å². The Morgan fingerprint density at radius 1 is 1.04 bits per heavy atom. The number of benzene rings is 2. The second-order valence-electron chi connectivity index (χ2n) is 6.03. The van der Waals surface area contributed by atoms with E-state index in [9.17, 15) is 4.79 Å². The third-order valence-corrected chi connectivity index (χ3v) is 3.68. The van der Waals surface area contributed by atoms with Gasteiger partial charge in [-0.05, 0) is 41.7 Å². The number of hydrogen-bond acceptors (Lipinski definition) is 3. The summed E-state index contributed by atoms with van der Waals surface area (Å²) in [7, 11) is 0. The number of rotatable bonds is 7. The number of hydrogen-bond donors (Lipinski definition) is 0. The normalized spacial score (nSPS) is 10.5. The van der Waals surface area contributed by atoms with Crippen LogP contribution in [0.15, 0.2) is 60.7 Å².